The van der Waals surface area contributed by atoms with Gasteiger partial charge in [-0.2, -0.15) is 0 Å². The third-order valence-corrected chi connectivity index (χ3v) is 6.61. The Morgan fingerprint density at radius 1 is 1.09 bits per heavy atom. The first-order chi connectivity index (χ1) is 15.7. The fourth-order valence-electron chi connectivity index (χ4n) is 3.92. The first kappa shape index (κ1) is 22.6. The molecule has 0 amide bonds. The third-order valence-electron chi connectivity index (χ3n) is 5.45. The van der Waals surface area contributed by atoms with Crippen LogP contribution in [0.5, 0.6) is 0 Å². The van der Waals surface area contributed by atoms with Crippen LogP contribution in [0.3, 0.4) is 0 Å². The van der Waals surface area contributed by atoms with Gasteiger partial charge in [0, 0.05) is 18.4 Å². The minimum atomic E-state index is -3.41. The van der Waals surface area contributed by atoms with E-state index in [1.165, 1.54) is 6.26 Å². The zero-order valence-corrected chi connectivity index (χ0v) is 19.9. The summed E-state index contributed by atoms with van der Waals surface area (Å²) in [4.78, 5) is 17.8. The Morgan fingerprint density at radius 2 is 1.85 bits per heavy atom. The number of pyridine rings is 2. The molecule has 3 aromatic rings. The number of anilines is 2. The first-order valence-electron chi connectivity index (χ1n) is 10.7. The maximum atomic E-state index is 12.3. The molecule has 0 aliphatic carbocycles. The number of hydrogen-bond donors (Lipinski definition) is 1. The highest BCUT2D eigenvalue weighted by Crippen LogP contribution is 2.37. The molecule has 3 heterocycles. The topological polar surface area (TPSA) is 88.7 Å². The smallest absolute Gasteiger partial charge is 0.273 e. The molecule has 1 N–H and O–H groups in total. The van der Waals surface area contributed by atoms with Crippen LogP contribution in [0.15, 0.2) is 52.4 Å². The van der Waals surface area contributed by atoms with E-state index in [2.05, 4.69) is 20.1 Å². The lowest BCUT2D eigenvalue weighted by molar-refractivity contribution is 0.602. The van der Waals surface area contributed by atoms with E-state index in [0.717, 1.165) is 34.0 Å². The Hall–Kier alpha value is -3.57. The zero-order valence-electron chi connectivity index (χ0n) is 19.0. The first-order valence-corrected chi connectivity index (χ1v) is 12.5. The van der Waals surface area contributed by atoms with Crippen molar-refractivity contribution in [2.24, 2.45) is 4.99 Å². The summed E-state index contributed by atoms with van der Waals surface area (Å²) in [7, 11) is -3.41. The summed E-state index contributed by atoms with van der Waals surface area (Å²) < 4.78 is 24.5. The van der Waals surface area contributed by atoms with Crippen molar-refractivity contribution < 1.29 is 8.42 Å². The number of fused-ring (bicyclic) bond motifs is 1. The van der Waals surface area contributed by atoms with Crippen LogP contribution in [0.25, 0.3) is 4.85 Å². The maximum Gasteiger partial charge on any atom is 0.273 e. The number of rotatable bonds is 6. The summed E-state index contributed by atoms with van der Waals surface area (Å²) in [5, 5.41) is 3.28. The quantitative estimate of drug-likeness (QED) is 0.489. The molecular weight excluding hydrogens is 434 g/mol. The van der Waals surface area contributed by atoms with Crippen LogP contribution < -0.4 is 5.32 Å². The van der Waals surface area contributed by atoms with Gasteiger partial charge in [0.25, 0.3) is 5.82 Å². The van der Waals surface area contributed by atoms with Crippen molar-refractivity contribution in [3.63, 3.8) is 0 Å². The van der Waals surface area contributed by atoms with E-state index in [4.69, 9.17) is 11.6 Å². The van der Waals surface area contributed by atoms with Crippen LogP contribution in [0.2, 0.25) is 0 Å². The van der Waals surface area contributed by atoms with Gasteiger partial charge in [-0.05, 0) is 42.7 Å². The lowest BCUT2D eigenvalue weighted by Crippen LogP contribution is -2.05. The molecular formula is C25H25N5O2S. The lowest BCUT2D eigenvalue weighted by Gasteiger charge is -2.14. The van der Waals surface area contributed by atoms with Crippen molar-refractivity contribution in [2.75, 3.05) is 11.6 Å². The third kappa shape index (κ3) is 4.78. The molecule has 1 aliphatic rings. The van der Waals surface area contributed by atoms with Crippen molar-refractivity contribution >= 4 is 38.4 Å². The second-order valence-electron chi connectivity index (χ2n) is 8.53. The van der Waals surface area contributed by atoms with Gasteiger partial charge >= 0.3 is 0 Å². The lowest BCUT2D eigenvalue weighted by atomic mass is 10.0. The molecule has 0 atom stereocenters. The van der Waals surface area contributed by atoms with Crippen LogP contribution >= 0.6 is 0 Å². The summed E-state index contributed by atoms with van der Waals surface area (Å²) in [6, 6.07) is 12.6. The minimum absolute atomic E-state index is 0.222. The predicted molar refractivity (Wildman–Crippen MR) is 131 cm³/mol. The molecule has 0 saturated heterocycles. The molecule has 8 heteroatoms. The van der Waals surface area contributed by atoms with Crippen LogP contribution in [-0.4, -0.2) is 30.4 Å². The predicted octanol–water partition coefficient (Wildman–Crippen LogP) is 5.54. The summed E-state index contributed by atoms with van der Waals surface area (Å²) in [5.41, 5.74) is 6.18. The Balaban J connectivity index is 1.74. The largest absolute Gasteiger partial charge is 0.360 e. The molecule has 0 fully saturated rings. The van der Waals surface area contributed by atoms with E-state index in [9.17, 15) is 8.42 Å². The second-order valence-corrected chi connectivity index (χ2v) is 10.5. The molecule has 4 rings (SSSR count). The molecule has 0 saturated carbocycles. The van der Waals surface area contributed by atoms with Gasteiger partial charge in [-0.25, -0.2) is 8.42 Å². The zero-order chi connectivity index (χ0) is 23.8. The normalized spacial score (nSPS) is 12.9. The average Bonchev–Trinajstić information content (AvgIpc) is 3.13. The fraction of sp³-hybridized carbons (Fsp3) is 0.280. The molecule has 0 spiro atoms. The molecule has 0 unspecified atom stereocenters. The number of aromatic nitrogens is 2. The molecule has 33 heavy (non-hydrogen) atoms. The van der Waals surface area contributed by atoms with Crippen molar-refractivity contribution in [1.29, 1.82) is 0 Å². The average molecular weight is 460 g/mol. The summed E-state index contributed by atoms with van der Waals surface area (Å²) in [6.07, 6.45) is 2.29. The van der Waals surface area contributed by atoms with Crippen LogP contribution in [-0.2, 0) is 22.7 Å². The van der Waals surface area contributed by atoms with Crippen LogP contribution in [0, 0.1) is 6.57 Å². The highest BCUT2D eigenvalue weighted by atomic mass is 32.2. The number of benzene rings is 1. The molecule has 1 aliphatic heterocycles. The number of sulfone groups is 1. The van der Waals surface area contributed by atoms with Crippen molar-refractivity contribution in [3.8, 4) is 0 Å². The minimum Gasteiger partial charge on any atom is -0.360 e. The summed E-state index contributed by atoms with van der Waals surface area (Å²) in [5.74, 6) is 0.642. The van der Waals surface area contributed by atoms with Gasteiger partial charge in [-0.15, -0.1) is 4.98 Å². The van der Waals surface area contributed by atoms with E-state index in [1.807, 2.05) is 39.0 Å². The Morgan fingerprint density at radius 3 is 2.55 bits per heavy atom. The van der Waals surface area contributed by atoms with Gasteiger partial charge < -0.3 is 10.2 Å². The molecule has 168 valence electrons. The van der Waals surface area contributed by atoms with Gasteiger partial charge in [0.15, 0.2) is 9.84 Å². The maximum absolute atomic E-state index is 12.3. The van der Waals surface area contributed by atoms with Gasteiger partial charge in [0.1, 0.15) is 11.4 Å². The van der Waals surface area contributed by atoms with E-state index in [0.29, 0.717) is 30.0 Å². The SMILES string of the molecule is [C-]#[N+]c1nc(Cc2cc(Nc3ccccc3S(C)(=O)=O)c3c(n2)CC(C)=N3)ccc1C(C)C. The standard InChI is InChI=1S/C25H25N5O2S/c1-15(2)19-11-10-17(29-25(19)26-4)13-18-14-22(24-21(28-18)12-16(3)27-24)30-20-8-6-7-9-23(20)33(5,31)32/h6-11,14-15H,12-13H2,1-3,5H3,(H,28,30). The number of nitrogens with zero attached hydrogens (tertiary/aromatic N) is 4. The number of hydrogen-bond acceptors (Lipinski definition) is 6. The van der Waals surface area contributed by atoms with Crippen molar-refractivity contribution in [3.05, 3.63) is 76.5 Å². The molecule has 0 bridgehead atoms. The number of aliphatic imine (C=N–C) groups is 1. The molecule has 2 aromatic heterocycles. The van der Waals surface area contributed by atoms with Crippen molar-refractivity contribution in [2.45, 2.75) is 44.4 Å². The van der Waals surface area contributed by atoms with E-state index in [1.54, 1.807) is 24.3 Å². The van der Waals surface area contributed by atoms with E-state index < -0.39 is 9.84 Å². The molecule has 0 radical (unpaired) electrons. The van der Waals surface area contributed by atoms with Gasteiger partial charge in [0.2, 0.25) is 0 Å². The van der Waals surface area contributed by atoms with Gasteiger partial charge in [-0.3, -0.25) is 9.98 Å². The van der Waals surface area contributed by atoms with Crippen molar-refractivity contribution in [1.82, 2.24) is 9.97 Å². The number of para-hydroxylation sites is 1. The highest BCUT2D eigenvalue weighted by Gasteiger charge is 2.21. The van der Waals surface area contributed by atoms with Crippen LogP contribution in [0.4, 0.5) is 22.9 Å². The molecule has 1 aromatic carbocycles. The summed E-state index contributed by atoms with van der Waals surface area (Å²) >= 11 is 0. The highest BCUT2D eigenvalue weighted by molar-refractivity contribution is 7.90. The molecule has 7 nitrogen and oxygen atoms in total. The summed E-state index contributed by atoms with van der Waals surface area (Å²) in [6.45, 7) is 13.5. The van der Waals surface area contributed by atoms with Crippen LogP contribution in [0.1, 0.15) is 49.3 Å². The Labute approximate surface area is 194 Å². The Bertz CT molecular complexity index is 1420. The number of nitrogens with one attached hydrogen (secondary N) is 1. The van der Waals surface area contributed by atoms with E-state index in [-0.39, 0.29) is 10.8 Å². The Kier molecular flexibility index (Phi) is 6.00. The second kappa shape index (κ2) is 8.75. The monoisotopic (exact) mass is 459 g/mol. The fourth-order valence-corrected chi connectivity index (χ4v) is 4.76. The van der Waals surface area contributed by atoms with Gasteiger partial charge in [-0.1, -0.05) is 38.6 Å². The van der Waals surface area contributed by atoms with E-state index >= 15 is 0 Å². The van der Waals surface area contributed by atoms with Gasteiger partial charge in [0.05, 0.1) is 34.1 Å².